The van der Waals surface area contributed by atoms with Crippen molar-refractivity contribution in [3.05, 3.63) is 65.2 Å². The number of likely N-dealkylation sites (tertiary alicyclic amines) is 1. The van der Waals surface area contributed by atoms with Gasteiger partial charge in [0.1, 0.15) is 0 Å². The monoisotopic (exact) mass is 309 g/mol. The Morgan fingerprint density at radius 2 is 1.87 bits per heavy atom. The van der Waals surface area contributed by atoms with E-state index < -0.39 is 7.12 Å². The zero-order chi connectivity index (χ0) is 16.4. The van der Waals surface area contributed by atoms with Crippen molar-refractivity contribution in [2.45, 2.75) is 13.3 Å². The maximum Gasteiger partial charge on any atom is 0.488 e. The van der Waals surface area contributed by atoms with E-state index in [4.69, 9.17) is 10.0 Å². The Bertz CT molecular complexity index is 694. The molecule has 2 aromatic rings. The SMILES string of the molecule is Cc1cccc(CC2CN(C(=O)c3ccc(B(O)O)cc3)C2)c1. The summed E-state index contributed by atoms with van der Waals surface area (Å²) >= 11 is 0. The molecule has 0 saturated carbocycles. The van der Waals surface area contributed by atoms with Crippen LogP contribution < -0.4 is 5.46 Å². The molecule has 1 heterocycles. The van der Waals surface area contributed by atoms with Crippen LogP contribution in [0.15, 0.2) is 48.5 Å². The summed E-state index contributed by atoms with van der Waals surface area (Å²) in [5.41, 5.74) is 3.56. The highest BCUT2D eigenvalue weighted by atomic mass is 16.4. The van der Waals surface area contributed by atoms with E-state index in [0.29, 0.717) is 16.9 Å². The number of benzene rings is 2. The molecule has 0 aliphatic carbocycles. The van der Waals surface area contributed by atoms with Crippen molar-refractivity contribution in [3.63, 3.8) is 0 Å². The summed E-state index contributed by atoms with van der Waals surface area (Å²) in [6.07, 6.45) is 1.00. The number of carbonyl (C=O) groups excluding carboxylic acids is 1. The normalized spacial score (nSPS) is 14.5. The predicted molar refractivity (Wildman–Crippen MR) is 90.5 cm³/mol. The molecule has 23 heavy (non-hydrogen) atoms. The molecule has 118 valence electrons. The fourth-order valence-corrected chi connectivity index (χ4v) is 3.02. The maximum atomic E-state index is 12.4. The molecule has 0 radical (unpaired) electrons. The number of hydrogen-bond acceptors (Lipinski definition) is 3. The van der Waals surface area contributed by atoms with Gasteiger partial charge < -0.3 is 14.9 Å². The van der Waals surface area contributed by atoms with Gasteiger partial charge in [0.15, 0.2) is 0 Å². The number of carbonyl (C=O) groups is 1. The van der Waals surface area contributed by atoms with Gasteiger partial charge in [0.2, 0.25) is 0 Å². The van der Waals surface area contributed by atoms with Gasteiger partial charge in [-0.25, -0.2) is 0 Å². The summed E-state index contributed by atoms with van der Waals surface area (Å²) in [6.45, 7) is 3.64. The van der Waals surface area contributed by atoms with Crippen LogP contribution in [0.5, 0.6) is 0 Å². The molecule has 0 bridgehead atoms. The summed E-state index contributed by atoms with van der Waals surface area (Å²) in [4.78, 5) is 14.2. The first-order valence-electron chi connectivity index (χ1n) is 7.84. The summed E-state index contributed by atoms with van der Waals surface area (Å²) in [6, 6.07) is 14.9. The first-order valence-corrected chi connectivity index (χ1v) is 7.84. The first kappa shape index (κ1) is 15.8. The van der Waals surface area contributed by atoms with Gasteiger partial charge >= 0.3 is 7.12 Å². The highest BCUT2D eigenvalue weighted by Gasteiger charge is 2.31. The van der Waals surface area contributed by atoms with Gasteiger partial charge in [0.25, 0.3) is 5.91 Å². The van der Waals surface area contributed by atoms with Crippen molar-refractivity contribution in [2.24, 2.45) is 5.92 Å². The lowest BCUT2D eigenvalue weighted by Crippen LogP contribution is -2.50. The van der Waals surface area contributed by atoms with Crippen molar-refractivity contribution in [2.75, 3.05) is 13.1 Å². The fraction of sp³-hybridized carbons (Fsp3) is 0.278. The summed E-state index contributed by atoms with van der Waals surface area (Å²) in [5, 5.41) is 18.1. The van der Waals surface area contributed by atoms with Crippen molar-refractivity contribution in [3.8, 4) is 0 Å². The van der Waals surface area contributed by atoms with Crippen molar-refractivity contribution < 1.29 is 14.8 Å². The second kappa shape index (κ2) is 6.56. The molecule has 1 aliphatic heterocycles. The maximum absolute atomic E-state index is 12.4. The van der Waals surface area contributed by atoms with Gasteiger partial charge in [0, 0.05) is 18.7 Å². The number of amides is 1. The number of aryl methyl sites for hydroxylation is 1. The molecule has 5 heteroatoms. The van der Waals surface area contributed by atoms with Crippen LogP contribution in [-0.4, -0.2) is 41.1 Å². The van der Waals surface area contributed by atoms with Gasteiger partial charge in [-0.15, -0.1) is 0 Å². The van der Waals surface area contributed by atoms with Crippen LogP contribution >= 0.6 is 0 Å². The van der Waals surface area contributed by atoms with Crippen LogP contribution in [0.25, 0.3) is 0 Å². The molecule has 1 fully saturated rings. The van der Waals surface area contributed by atoms with Crippen molar-refractivity contribution in [1.29, 1.82) is 0 Å². The summed E-state index contributed by atoms with van der Waals surface area (Å²) < 4.78 is 0. The number of hydrogen-bond donors (Lipinski definition) is 2. The third-order valence-electron chi connectivity index (χ3n) is 4.31. The molecule has 0 atom stereocenters. The van der Waals surface area contributed by atoms with E-state index in [1.807, 2.05) is 4.90 Å². The Morgan fingerprint density at radius 3 is 2.48 bits per heavy atom. The van der Waals surface area contributed by atoms with E-state index in [1.165, 1.54) is 11.1 Å². The zero-order valence-electron chi connectivity index (χ0n) is 13.1. The average Bonchev–Trinajstić information content (AvgIpc) is 2.50. The Hall–Kier alpha value is -2.11. The summed E-state index contributed by atoms with van der Waals surface area (Å²) in [7, 11) is -1.50. The lowest BCUT2D eigenvalue weighted by Gasteiger charge is -2.39. The Morgan fingerprint density at radius 1 is 1.17 bits per heavy atom. The second-order valence-electron chi connectivity index (χ2n) is 6.27. The van der Waals surface area contributed by atoms with E-state index in [9.17, 15) is 4.79 Å². The van der Waals surface area contributed by atoms with E-state index in [2.05, 4.69) is 31.2 Å². The minimum atomic E-state index is -1.50. The minimum Gasteiger partial charge on any atom is -0.423 e. The average molecular weight is 309 g/mol. The molecular weight excluding hydrogens is 289 g/mol. The van der Waals surface area contributed by atoms with Gasteiger partial charge in [-0.2, -0.15) is 0 Å². The lowest BCUT2D eigenvalue weighted by atomic mass is 9.80. The van der Waals surface area contributed by atoms with Crippen LogP contribution in [0.4, 0.5) is 0 Å². The minimum absolute atomic E-state index is 0.00414. The molecule has 1 saturated heterocycles. The van der Waals surface area contributed by atoms with Crippen LogP contribution in [0.2, 0.25) is 0 Å². The van der Waals surface area contributed by atoms with Crippen molar-refractivity contribution in [1.82, 2.24) is 4.90 Å². The van der Waals surface area contributed by atoms with Crippen LogP contribution in [-0.2, 0) is 6.42 Å². The fourth-order valence-electron chi connectivity index (χ4n) is 3.02. The molecular formula is C18H20BNO3. The molecule has 0 spiro atoms. The van der Waals surface area contributed by atoms with E-state index in [1.54, 1.807) is 24.3 Å². The molecule has 1 amide bonds. The quantitative estimate of drug-likeness (QED) is 0.828. The standard InChI is InChI=1S/C18H20BNO3/c1-13-3-2-4-14(9-13)10-15-11-20(12-15)18(21)16-5-7-17(8-6-16)19(22)23/h2-9,15,22-23H,10-12H2,1H3. The third-order valence-corrected chi connectivity index (χ3v) is 4.31. The Kier molecular flexibility index (Phi) is 4.50. The lowest BCUT2D eigenvalue weighted by molar-refractivity contribution is 0.0501. The van der Waals surface area contributed by atoms with E-state index in [0.717, 1.165) is 19.5 Å². The topological polar surface area (TPSA) is 60.8 Å². The number of nitrogens with zero attached hydrogens (tertiary/aromatic N) is 1. The van der Waals surface area contributed by atoms with Crippen LogP contribution in [0, 0.1) is 12.8 Å². The van der Waals surface area contributed by atoms with Gasteiger partial charge in [-0.3, -0.25) is 4.79 Å². The zero-order valence-corrected chi connectivity index (χ0v) is 13.1. The Labute approximate surface area is 136 Å². The van der Waals surface area contributed by atoms with Gasteiger partial charge in [-0.1, -0.05) is 42.0 Å². The highest BCUT2D eigenvalue weighted by Crippen LogP contribution is 2.22. The predicted octanol–water partition coefficient (Wildman–Crippen LogP) is 0.990. The number of rotatable bonds is 4. The molecule has 0 unspecified atom stereocenters. The molecule has 2 aromatic carbocycles. The Balaban J connectivity index is 1.55. The van der Waals surface area contributed by atoms with E-state index in [-0.39, 0.29) is 5.91 Å². The second-order valence-corrected chi connectivity index (χ2v) is 6.27. The smallest absolute Gasteiger partial charge is 0.423 e. The summed E-state index contributed by atoms with van der Waals surface area (Å²) in [5.74, 6) is 0.517. The molecule has 3 rings (SSSR count). The van der Waals surface area contributed by atoms with Crippen LogP contribution in [0.3, 0.4) is 0 Å². The molecule has 4 nitrogen and oxygen atoms in total. The van der Waals surface area contributed by atoms with Gasteiger partial charge in [-0.05, 0) is 42.4 Å². The van der Waals surface area contributed by atoms with Crippen molar-refractivity contribution >= 4 is 18.5 Å². The molecule has 2 N–H and O–H groups in total. The van der Waals surface area contributed by atoms with Gasteiger partial charge in [0.05, 0.1) is 0 Å². The third kappa shape index (κ3) is 3.63. The van der Waals surface area contributed by atoms with E-state index >= 15 is 0 Å². The highest BCUT2D eigenvalue weighted by molar-refractivity contribution is 6.58. The largest absolute Gasteiger partial charge is 0.488 e. The molecule has 0 aromatic heterocycles. The first-order chi connectivity index (χ1) is 11.0. The van der Waals surface area contributed by atoms with Crippen LogP contribution in [0.1, 0.15) is 21.5 Å². The molecule has 1 aliphatic rings.